The van der Waals surface area contributed by atoms with Gasteiger partial charge in [0.2, 0.25) is 0 Å². The number of alkyl halides is 2. The molecule has 0 heterocycles. The number of hydrogen-bond donors (Lipinski definition) is 0. The van der Waals surface area contributed by atoms with Gasteiger partial charge in [-0.25, -0.2) is 4.79 Å². The van der Waals surface area contributed by atoms with Gasteiger partial charge in [-0.05, 0) is 24.1 Å². The van der Waals surface area contributed by atoms with Crippen molar-refractivity contribution < 1.29 is 14.3 Å². The Morgan fingerprint density at radius 3 is 2.53 bits per heavy atom. The highest BCUT2D eigenvalue weighted by atomic mass is 35.5. The molecule has 0 saturated heterocycles. The average Bonchev–Trinajstić information content (AvgIpc) is 2.35. The summed E-state index contributed by atoms with van der Waals surface area (Å²) in [4.78, 5) is 22.8. The zero-order chi connectivity index (χ0) is 13.0. The molecule has 0 N–H and O–H groups in total. The first-order chi connectivity index (χ1) is 8.02. The predicted molar refractivity (Wildman–Crippen MR) is 66.6 cm³/mol. The molecule has 1 aromatic rings. The Morgan fingerprint density at radius 2 is 2.06 bits per heavy atom. The summed E-state index contributed by atoms with van der Waals surface area (Å²) in [6.07, 6.45) is 0. The van der Waals surface area contributed by atoms with Gasteiger partial charge in [-0.15, -0.1) is 23.2 Å². The number of rotatable bonds is 4. The lowest BCUT2D eigenvalue weighted by atomic mass is 9.98. The van der Waals surface area contributed by atoms with Crippen molar-refractivity contribution in [2.45, 2.75) is 18.2 Å². The normalized spacial score (nSPS) is 12.0. The molecule has 3 nitrogen and oxygen atoms in total. The van der Waals surface area contributed by atoms with Crippen LogP contribution < -0.4 is 0 Å². The first-order valence-electron chi connectivity index (χ1n) is 4.93. The van der Waals surface area contributed by atoms with Gasteiger partial charge in [0.15, 0.2) is 5.78 Å². The van der Waals surface area contributed by atoms with Crippen molar-refractivity contribution in [3.8, 4) is 0 Å². The van der Waals surface area contributed by atoms with Crippen LogP contribution in [0.3, 0.4) is 0 Å². The van der Waals surface area contributed by atoms with Crippen molar-refractivity contribution in [3.05, 3.63) is 34.9 Å². The Kier molecular flexibility index (Phi) is 4.97. The van der Waals surface area contributed by atoms with Crippen LogP contribution >= 0.6 is 23.2 Å². The van der Waals surface area contributed by atoms with Gasteiger partial charge in [0.1, 0.15) is 5.38 Å². The number of halogens is 2. The summed E-state index contributed by atoms with van der Waals surface area (Å²) < 4.78 is 4.65. The van der Waals surface area contributed by atoms with E-state index in [-0.39, 0.29) is 11.7 Å². The third-order valence-electron chi connectivity index (χ3n) is 2.38. The van der Waals surface area contributed by atoms with E-state index < -0.39 is 11.3 Å². The average molecular weight is 275 g/mol. The fraction of sp³-hybridized carbons (Fsp3) is 0.333. The maximum Gasteiger partial charge on any atom is 0.338 e. The Labute approximate surface area is 110 Å². The van der Waals surface area contributed by atoms with Gasteiger partial charge >= 0.3 is 5.97 Å². The van der Waals surface area contributed by atoms with Gasteiger partial charge in [-0.1, -0.05) is 12.1 Å². The van der Waals surface area contributed by atoms with Gasteiger partial charge in [-0.3, -0.25) is 4.79 Å². The van der Waals surface area contributed by atoms with Gasteiger partial charge in [0.25, 0.3) is 0 Å². The van der Waals surface area contributed by atoms with Crippen molar-refractivity contribution in [2.24, 2.45) is 0 Å². The predicted octanol–water partition coefficient (Wildman–Crippen LogP) is 3.08. The number of esters is 1. The Hall–Kier alpha value is -1.06. The Morgan fingerprint density at radius 1 is 1.41 bits per heavy atom. The van der Waals surface area contributed by atoms with Crippen LogP contribution in [0.5, 0.6) is 0 Å². The number of Topliss-reactive ketones (excluding diaryl/α,β-unsaturated/α-hetero) is 1. The van der Waals surface area contributed by atoms with Gasteiger partial charge in [0, 0.05) is 5.88 Å². The molecule has 0 aliphatic carbocycles. The molecule has 0 aromatic heterocycles. The summed E-state index contributed by atoms with van der Waals surface area (Å²) in [7, 11) is 1.29. The fourth-order valence-electron chi connectivity index (χ4n) is 1.51. The number of carbonyl (C=O) groups excluding carboxylic acids is 2. The van der Waals surface area contributed by atoms with Crippen LogP contribution in [0.4, 0.5) is 0 Å². The van der Waals surface area contributed by atoms with Crippen molar-refractivity contribution in [1.82, 2.24) is 0 Å². The van der Waals surface area contributed by atoms with Crippen molar-refractivity contribution in [1.29, 1.82) is 0 Å². The van der Waals surface area contributed by atoms with Crippen molar-refractivity contribution in [3.63, 3.8) is 0 Å². The lowest BCUT2D eigenvalue weighted by Crippen LogP contribution is -2.11. The summed E-state index contributed by atoms with van der Waals surface area (Å²) in [5.74, 6) is -0.591. The molecule has 92 valence electrons. The number of ether oxygens (including phenoxy) is 1. The van der Waals surface area contributed by atoms with E-state index in [9.17, 15) is 9.59 Å². The zero-order valence-electron chi connectivity index (χ0n) is 9.50. The van der Waals surface area contributed by atoms with Crippen molar-refractivity contribution >= 4 is 35.0 Å². The van der Waals surface area contributed by atoms with Crippen LogP contribution in [0.25, 0.3) is 0 Å². The second-order valence-electron chi connectivity index (χ2n) is 3.47. The smallest absolute Gasteiger partial charge is 0.338 e. The first-order valence-corrected chi connectivity index (χ1v) is 5.90. The van der Waals surface area contributed by atoms with Gasteiger partial charge < -0.3 is 4.74 Å². The van der Waals surface area contributed by atoms with E-state index in [4.69, 9.17) is 23.2 Å². The van der Waals surface area contributed by atoms with Crippen molar-refractivity contribution in [2.75, 3.05) is 7.11 Å². The molecule has 0 spiro atoms. The van der Waals surface area contributed by atoms with E-state index in [2.05, 4.69) is 4.74 Å². The molecule has 0 saturated carbocycles. The molecule has 17 heavy (non-hydrogen) atoms. The van der Waals surface area contributed by atoms with E-state index in [1.807, 2.05) is 0 Å². The van der Waals surface area contributed by atoms with Crippen LogP contribution in [-0.4, -0.2) is 18.9 Å². The topological polar surface area (TPSA) is 43.4 Å². The summed E-state index contributed by atoms with van der Waals surface area (Å²) >= 11 is 11.8. The van der Waals surface area contributed by atoms with Gasteiger partial charge in [-0.2, -0.15) is 0 Å². The molecular formula is C12H12Cl2O3. The highest BCUT2D eigenvalue weighted by molar-refractivity contribution is 6.31. The highest BCUT2D eigenvalue weighted by Crippen LogP contribution is 2.28. The van der Waals surface area contributed by atoms with E-state index in [0.29, 0.717) is 16.7 Å². The summed E-state index contributed by atoms with van der Waals surface area (Å²) in [6.45, 7) is 1.39. The Balaban J connectivity index is 3.32. The standard InChI is InChI=1S/C12H12Cl2O3/c1-7(15)11(14)8-4-3-5-9(10(8)6-13)12(16)17-2/h3-5,11H,6H2,1-2H3. The lowest BCUT2D eigenvalue weighted by Gasteiger charge is -2.13. The summed E-state index contributed by atoms with van der Waals surface area (Å²) in [5, 5.41) is -0.798. The molecule has 5 heteroatoms. The van der Waals surface area contributed by atoms with Crippen LogP contribution in [0.2, 0.25) is 0 Å². The molecule has 0 amide bonds. The maximum absolute atomic E-state index is 11.5. The molecule has 0 fully saturated rings. The molecule has 1 atom stereocenters. The van der Waals surface area contributed by atoms with E-state index >= 15 is 0 Å². The van der Waals surface area contributed by atoms with E-state index in [0.717, 1.165) is 0 Å². The van der Waals surface area contributed by atoms with Crippen LogP contribution in [-0.2, 0) is 15.4 Å². The molecule has 0 bridgehead atoms. The molecule has 1 aromatic carbocycles. The largest absolute Gasteiger partial charge is 0.465 e. The molecule has 1 unspecified atom stereocenters. The number of hydrogen-bond acceptors (Lipinski definition) is 3. The quantitative estimate of drug-likeness (QED) is 0.626. The molecule has 0 aliphatic heterocycles. The lowest BCUT2D eigenvalue weighted by molar-refractivity contribution is -0.116. The first kappa shape index (κ1) is 14.0. The fourth-order valence-corrected chi connectivity index (χ4v) is 2.01. The highest BCUT2D eigenvalue weighted by Gasteiger charge is 2.21. The zero-order valence-corrected chi connectivity index (χ0v) is 11.0. The number of carbonyl (C=O) groups is 2. The monoisotopic (exact) mass is 274 g/mol. The third-order valence-corrected chi connectivity index (χ3v) is 3.19. The summed E-state index contributed by atoms with van der Waals surface area (Å²) in [6, 6.07) is 4.93. The van der Waals surface area contributed by atoms with Crippen LogP contribution in [0.1, 0.15) is 33.8 Å². The number of methoxy groups -OCH3 is 1. The van der Waals surface area contributed by atoms with Gasteiger partial charge in [0.05, 0.1) is 12.7 Å². The SMILES string of the molecule is COC(=O)c1cccc(C(Cl)C(C)=O)c1CCl. The van der Waals surface area contributed by atoms with E-state index in [1.165, 1.54) is 14.0 Å². The maximum atomic E-state index is 11.5. The second-order valence-corrected chi connectivity index (χ2v) is 4.18. The number of ketones is 1. The Bertz CT molecular complexity index is 443. The minimum atomic E-state index is -0.798. The van der Waals surface area contributed by atoms with Crippen LogP contribution in [0, 0.1) is 0 Å². The second kappa shape index (κ2) is 6.03. The molecule has 1 rings (SSSR count). The molecular weight excluding hydrogens is 263 g/mol. The third kappa shape index (κ3) is 2.99. The minimum Gasteiger partial charge on any atom is -0.465 e. The minimum absolute atomic E-state index is 0.0944. The van der Waals surface area contributed by atoms with Crippen LogP contribution in [0.15, 0.2) is 18.2 Å². The molecule has 0 radical (unpaired) electrons. The van der Waals surface area contributed by atoms with E-state index in [1.54, 1.807) is 18.2 Å². The molecule has 0 aliphatic rings. The summed E-state index contributed by atoms with van der Waals surface area (Å²) in [5.41, 5.74) is 1.43. The number of benzene rings is 1.